The van der Waals surface area contributed by atoms with Crippen molar-refractivity contribution in [2.75, 3.05) is 20.2 Å². The van der Waals surface area contributed by atoms with E-state index in [1.165, 1.54) is 0 Å². The summed E-state index contributed by atoms with van der Waals surface area (Å²) in [5.41, 5.74) is 0. The maximum absolute atomic E-state index is 12.1. The van der Waals surface area contributed by atoms with Gasteiger partial charge in [0.25, 0.3) is 14.9 Å². The molecule has 1 aromatic rings. The molecule has 12 heteroatoms. The summed E-state index contributed by atoms with van der Waals surface area (Å²) in [4.78, 5) is 15.5. The number of hydrogen-bond donors (Lipinski definition) is 0. The molecule has 0 unspecified atom stereocenters. The van der Waals surface area contributed by atoms with E-state index in [1.807, 2.05) is 0 Å². The van der Waals surface area contributed by atoms with Gasteiger partial charge in [0.2, 0.25) is 0 Å². The predicted molar refractivity (Wildman–Crippen MR) is 68.3 cm³/mol. The van der Waals surface area contributed by atoms with Crippen LogP contribution in [-0.4, -0.2) is 46.5 Å². The fourth-order valence-corrected chi connectivity index (χ4v) is 1.96. The lowest BCUT2D eigenvalue weighted by Crippen LogP contribution is -2.38. The van der Waals surface area contributed by atoms with E-state index >= 15 is 0 Å². The number of ether oxygens (including phenoxy) is 1. The van der Waals surface area contributed by atoms with Gasteiger partial charge in [0, 0.05) is 18.6 Å². The minimum atomic E-state index is -4.48. The first-order chi connectivity index (χ1) is 8.99. The molecule has 0 saturated carbocycles. The third-order valence-electron chi connectivity index (χ3n) is 1.82. The Balaban J connectivity index is 2.51. The molecular weight excluding hydrogens is 366 g/mol. The first-order valence-corrected chi connectivity index (χ1v) is 6.74. The lowest BCUT2D eigenvalue weighted by atomic mass is 10.5. The van der Waals surface area contributed by atoms with Gasteiger partial charge in [0.1, 0.15) is 6.54 Å². The molecule has 5 nitrogen and oxygen atoms in total. The molecule has 0 aromatic carbocycles. The van der Waals surface area contributed by atoms with Crippen molar-refractivity contribution in [3.05, 3.63) is 5.82 Å². The number of alkyl halides is 6. The SMILES string of the molecule is CN(CC(F)(F)F)C(=O)COc1nc(C(Cl)(Cl)Cl)ns1. The zero-order chi connectivity index (χ0) is 15.6. The maximum Gasteiger partial charge on any atom is 0.406 e. The topological polar surface area (TPSA) is 55.3 Å². The van der Waals surface area contributed by atoms with E-state index in [0.29, 0.717) is 16.4 Å². The minimum Gasteiger partial charge on any atom is -0.459 e. The van der Waals surface area contributed by atoms with Crippen molar-refractivity contribution < 1.29 is 22.7 Å². The van der Waals surface area contributed by atoms with E-state index in [2.05, 4.69) is 9.36 Å². The smallest absolute Gasteiger partial charge is 0.406 e. The molecule has 20 heavy (non-hydrogen) atoms. The van der Waals surface area contributed by atoms with E-state index < -0.39 is 29.0 Å². The second-order valence-corrected chi connectivity index (χ2v) is 6.53. The van der Waals surface area contributed by atoms with Crippen LogP contribution in [0.4, 0.5) is 13.2 Å². The van der Waals surface area contributed by atoms with Crippen molar-refractivity contribution in [3.8, 4) is 5.19 Å². The second kappa shape index (κ2) is 6.50. The fourth-order valence-electron chi connectivity index (χ4n) is 0.974. The van der Waals surface area contributed by atoms with Crippen molar-refractivity contribution in [3.63, 3.8) is 0 Å². The van der Waals surface area contributed by atoms with Gasteiger partial charge in [-0.25, -0.2) is 0 Å². The molecule has 1 rings (SSSR count). The molecule has 0 fully saturated rings. The quantitative estimate of drug-likeness (QED) is 0.763. The highest BCUT2D eigenvalue weighted by Gasteiger charge is 2.32. The Morgan fingerprint density at radius 1 is 1.40 bits per heavy atom. The first kappa shape index (κ1) is 17.5. The molecule has 0 atom stereocenters. The Kier molecular flexibility index (Phi) is 5.70. The summed E-state index contributed by atoms with van der Waals surface area (Å²) in [6, 6.07) is 0. The number of likely N-dealkylation sites (N-methyl/N-ethyl adjacent to an activating group) is 1. The van der Waals surface area contributed by atoms with Gasteiger partial charge in [-0.2, -0.15) is 22.5 Å². The molecule has 0 saturated heterocycles. The molecule has 114 valence electrons. The standard InChI is InChI=1S/C8H7Cl3F3N3O2S/c1-17(3-7(12,13)14)4(18)2-19-6-15-5(16-20-6)8(9,10)11/h2-3H2,1H3. The van der Waals surface area contributed by atoms with Crippen LogP contribution in [0.5, 0.6) is 5.19 Å². The van der Waals surface area contributed by atoms with Crippen molar-refractivity contribution >= 4 is 52.2 Å². The Hall–Kier alpha value is -0.510. The first-order valence-electron chi connectivity index (χ1n) is 4.83. The summed E-state index contributed by atoms with van der Waals surface area (Å²) in [5.74, 6) is -1.01. The van der Waals surface area contributed by atoms with Crippen molar-refractivity contribution in [1.29, 1.82) is 0 Å². The van der Waals surface area contributed by atoms with Crippen LogP contribution in [0.1, 0.15) is 5.82 Å². The molecule has 1 aromatic heterocycles. The monoisotopic (exact) mass is 371 g/mol. The number of aromatic nitrogens is 2. The Morgan fingerprint density at radius 3 is 2.45 bits per heavy atom. The number of nitrogens with zero attached hydrogens (tertiary/aromatic N) is 3. The number of carbonyl (C=O) groups excluding carboxylic acids is 1. The fraction of sp³-hybridized carbons (Fsp3) is 0.625. The van der Waals surface area contributed by atoms with Crippen molar-refractivity contribution in [2.24, 2.45) is 0 Å². The van der Waals surface area contributed by atoms with Crippen LogP contribution >= 0.6 is 46.3 Å². The maximum atomic E-state index is 12.1. The van der Waals surface area contributed by atoms with Crippen LogP contribution in [-0.2, 0) is 8.59 Å². The lowest BCUT2D eigenvalue weighted by molar-refractivity contribution is -0.159. The molecule has 0 aliphatic rings. The van der Waals surface area contributed by atoms with Gasteiger partial charge in [0.05, 0.1) is 0 Å². The van der Waals surface area contributed by atoms with E-state index in [0.717, 1.165) is 7.05 Å². The van der Waals surface area contributed by atoms with Crippen molar-refractivity contribution in [2.45, 2.75) is 9.97 Å². The van der Waals surface area contributed by atoms with E-state index in [9.17, 15) is 18.0 Å². The molecule has 1 amide bonds. The highest BCUT2D eigenvalue weighted by atomic mass is 35.6. The number of amides is 1. The molecule has 1 heterocycles. The molecule has 0 radical (unpaired) electrons. The number of hydrogen-bond acceptors (Lipinski definition) is 5. The average molecular weight is 373 g/mol. The summed E-state index contributed by atoms with van der Waals surface area (Å²) >= 11 is 17.3. The summed E-state index contributed by atoms with van der Waals surface area (Å²) in [5, 5.41) is -0.0833. The summed E-state index contributed by atoms with van der Waals surface area (Å²) in [7, 11) is 1.01. The van der Waals surface area contributed by atoms with Gasteiger partial charge < -0.3 is 9.64 Å². The van der Waals surface area contributed by atoms with Gasteiger partial charge in [-0.3, -0.25) is 4.79 Å². The third kappa shape index (κ3) is 5.86. The molecule has 0 bridgehead atoms. The van der Waals surface area contributed by atoms with E-state index in [4.69, 9.17) is 39.5 Å². The Labute approximate surface area is 130 Å². The third-order valence-corrected chi connectivity index (χ3v) is 2.96. The number of carbonyl (C=O) groups is 1. The van der Waals surface area contributed by atoms with E-state index in [-0.39, 0.29) is 11.0 Å². The van der Waals surface area contributed by atoms with Gasteiger partial charge in [0.15, 0.2) is 12.4 Å². The Morgan fingerprint density at radius 2 is 2.00 bits per heavy atom. The largest absolute Gasteiger partial charge is 0.459 e. The molecular formula is C8H7Cl3F3N3O2S. The summed E-state index contributed by atoms with van der Waals surface area (Å²) in [6.07, 6.45) is -4.48. The zero-order valence-electron chi connectivity index (χ0n) is 9.75. The zero-order valence-corrected chi connectivity index (χ0v) is 12.8. The van der Waals surface area contributed by atoms with Crippen LogP contribution in [0.2, 0.25) is 0 Å². The minimum absolute atomic E-state index is 0.0833. The van der Waals surface area contributed by atoms with Gasteiger partial charge in [-0.15, -0.1) is 0 Å². The Bertz CT molecular complexity index is 478. The van der Waals surface area contributed by atoms with Gasteiger partial charge >= 0.3 is 6.18 Å². The second-order valence-electron chi connectivity index (χ2n) is 3.54. The molecule has 0 spiro atoms. The lowest BCUT2D eigenvalue weighted by Gasteiger charge is -2.18. The number of rotatable bonds is 4. The van der Waals surface area contributed by atoms with Crippen LogP contribution in [0.15, 0.2) is 0 Å². The van der Waals surface area contributed by atoms with Gasteiger partial charge in [-0.1, -0.05) is 34.8 Å². The highest BCUT2D eigenvalue weighted by molar-refractivity contribution is 7.07. The average Bonchev–Trinajstić information content (AvgIpc) is 2.71. The molecule has 0 N–H and O–H groups in total. The van der Waals surface area contributed by atoms with Crippen LogP contribution in [0.25, 0.3) is 0 Å². The van der Waals surface area contributed by atoms with Crippen LogP contribution in [0.3, 0.4) is 0 Å². The van der Waals surface area contributed by atoms with Crippen LogP contribution < -0.4 is 4.74 Å². The van der Waals surface area contributed by atoms with Crippen molar-refractivity contribution in [1.82, 2.24) is 14.3 Å². The highest BCUT2D eigenvalue weighted by Crippen LogP contribution is 2.37. The predicted octanol–water partition coefficient (Wildman–Crippen LogP) is 2.76. The molecule has 0 aliphatic heterocycles. The molecule has 0 aliphatic carbocycles. The van der Waals surface area contributed by atoms with Gasteiger partial charge in [-0.05, 0) is 0 Å². The normalized spacial score (nSPS) is 12.3. The summed E-state index contributed by atoms with van der Waals surface area (Å²) in [6.45, 7) is -1.99. The summed E-state index contributed by atoms with van der Waals surface area (Å²) < 4.78 is 42.9. The van der Waals surface area contributed by atoms with E-state index in [1.54, 1.807) is 0 Å². The number of halogens is 6. The van der Waals surface area contributed by atoms with Crippen LogP contribution in [0, 0.1) is 0 Å².